The molecule has 6 rings (SSSR count). The summed E-state index contributed by atoms with van der Waals surface area (Å²) >= 11 is -3.08. The molecule has 10 heteroatoms. The predicted octanol–water partition coefficient (Wildman–Crippen LogP) is 9.46. The topological polar surface area (TPSA) is 42.5 Å². The monoisotopic (exact) mass is 1020 g/mol. The van der Waals surface area contributed by atoms with E-state index >= 15 is 0 Å². The van der Waals surface area contributed by atoms with Crippen molar-refractivity contribution in [3.8, 4) is 0 Å². The molecule has 6 atom stereocenters. The Morgan fingerprint density at radius 3 is 0.862 bits per heavy atom. The first-order valence-electron chi connectivity index (χ1n) is 20.5. The number of hydrogen-bond donors (Lipinski definition) is 0. The molecule has 9 radical (unpaired) electrons. The van der Waals surface area contributed by atoms with E-state index in [-0.39, 0.29) is 34.4 Å². The minimum absolute atomic E-state index is 0.0510. The molecule has 0 saturated carbocycles. The van der Waals surface area contributed by atoms with E-state index in [1.165, 1.54) is 42.5 Å². The molecule has 0 saturated heterocycles. The van der Waals surface area contributed by atoms with E-state index in [2.05, 4.69) is 240 Å². The summed E-state index contributed by atoms with van der Waals surface area (Å²) < 4.78 is 30.0. The SMILES string of the molecule is CC(n1ccc2cc[c]([Bi]([c]3ccc4ccn(C(C)C(C)(O[Si])C(C)(C)C)c4c3)[c]3ccc4ccn(C(C)C(C)(O[Si])C(C)(C)C)c4c3)cc21)C(C)(O[Si])C(C)(C)C. The first-order valence-corrected chi connectivity index (χ1v) is 27.0. The van der Waals surface area contributed by atoms with E-state index in [1.54, 1.807) is 0 Å². The fourth-order valence-electron chi connectivity index (χ4n) is 8.68. The Morgan fingerprint density at radius 2 is 0.655 bits per heavy atom. The molecule has 3 aromatic heterocycles. The molecule has 0 spiro atoms. The van der Waals surface area contributed by atoms with Crippen LogP contribution in [0.1, 0.15) is 122 Å². The molecule has 3 heterocycles. The zero-order valence-electron chi connectivity index (χ0n) is 37.4. The van der Waals surface area contributed by atoms with E-state index in [4.69, 9.17) is 13.3 Å². The Labute approximate surface area is 366 Å². The van der Waals surface area contributed by atoms with Crippen molar-refractivity contribution in [2.75, 3.05) is 0 Å². The summed E-state index contributed by atoms with van der Waals surface area (Å²) in [4.78, 5) is 0. The summed E-state index contributed by atoms with van der Waals surface area (Å²) in [5, 5.41) is 3.69. The van der Waals surface area contributed by atoms with Gasteiger partial charge in [-0.2, -0.15) is 0 Å². The Balaban J connectivity index is 1.60. The zero-order valence-corrected chi connectivity index (χ0v) is 43.9. The van der Waals surface area contributed by atoms with Crippen LogP contribution in [0.3, 0.4) is 0 Å². The van der Waals surface area contributed by atoms with Crippen LogP contribution in [0, 0.1) is 16.2 Å². The molecule has 0 bridgehead atoms. The number of hydrogen-bond acceptors (Lipinski definition) is 3. The average molecular weight is 1020 g/mol. The van der Waals surface area contributed by atoms with E-state index in [0.29, 0.717) is 0 Å². The van der Waals surface area contributed by atoms with Gasteiger partial charge in [0, 0.05) is 0 Å². The van der Waals surface area contributed by atoms with Gasteiger partial charge in [-0.1, -0.05) is 0 Å². The van der Waals surface area contributed by atoms with Crippen molar-refractivity contribution in [3.05, 3.63) is 91.4 Å². The fourth-order valence-corrected chi connectivity index (χ4v) is 19.1. The second-order valence-corrected chi connectivity index (χ2v) is 29.4. The van der Waals surface area contributed by atoms with Gasteiger partial charge in [0.1, 0.15) is 0 Å². The van der Waals surface area contributed by atoms with Crippen molar-refractivity contribution in [1.82, 2.24) is 13.7 Å². The Bertz CT molecular complexity index is 2150. The van der Waals surface area contributed by atoms with Gasteiger partial charge in [-0.25, -0.2) is 0 Å². The van der Waals surface area contributed by atoms with Crippen molar-refractivity contribution in [3.63, 3.8) is 0 Å². The molecular formula is C48H63BiN3O3Si3. The Kier molecular flexibility index (Phi) is 12.4. The van der Waals surface area contributed by atoms with Crippen LogP contribution in [0.5, 0.6) is 0 Å². The quantitative estimate of drug-likeness (QED) is 0.115. The normalized spacial score (nSPS) is 18.1. The van der Waals surface area contributed by atoms with Crippen molar-refractivity contribution < 1.29 is 13.3 Å². The van der Waals surface area contributed by atoms with Gasteiger partial charge in [0.05, 0.1) is 0 Å². The first kappa shape index (κ1) is 45.2. The second kappa shape index (κ2) is 15.9. The zero-order chi connectivity index (χ0) is 43.0. The first-order chi connectivity index (χ1) is 26.9. The average Bonchev–Trinajstić information content (AvgIpc) is 3.91. The van der Waals surface area contributed by atoms with Crippen LogP contribution in [0.4, 0.5) is 0 Å². The summed E-state index contributed by atoms with van der Waals surface area (Å²) in [5.41, 5.74) is 1.87. The Morgan fingerprint density at radius 1 is 0.414 bits per heavy atom. The van der Waals surface area contributed by atoms with Gasteiger partial charge in [0.2, 0.25) is 0 Å². The van der Waals surface area contributed by atoms with E-state index in [0.717, 1.165) is 0 Å². The molecule has 0 fully saturated rings. The number of aromatic nitrogens is 3. The molecule has 0 amide bonds. The van der Waals surface area contributed by atoms with Crippen molar-refractivity contribution >= 4 is 95.7 Å². The van der Waals surface area contributed by atoms with Gasteiger partial charge >= 0.3 is 369 Å². The molecule has 6 nitrogen and oxygen atoms in total. The van der Waals surface area contributed by atoms with Crippen molar-refractivity contribution in [2.24, 2.45) is 16.2 Å². The molecule has 3 aromatic carbocycles. The summed E-state index contributed by atoms with van der Waals surface area (Å²) in [6.07, 6.45) is 6.69. The number of fused-ring (bicyclic) bond motifs is 3. The fraction of sp³-hybridized carbons (Fsp3) is 0.500. The molecular weight excluding hydrogens is 960 g/mol. The summed E-state index contributed by atoms with van der Waals surface area (Å²) in [6.45, 7) is 33.6. The number of benzene rings is 3. The van der Waals surface area contributed by atoms with Gasteiger partial charge in [0.15, 0.2) is 0 Å². The van der Waals surface area contributed by atoms with Gasteiger partial charge < -0.3 is 0 Å². The van der Waals surface area contributed by atoms with Crippen LogP contribution in [0.25, 0.3) is 32.7 Å². The molecule has 0 aliphatic heterocycles. The third-order valence-electron chi connectivity index (χ3n) is 14.6. The summed E-state index contributed by atoms with van der Waals surface area (Å²) in [7, 11) is 10.5. The van der Waals surface area contributed by atoms with E-state index < -0.39 is 38.6 Å². The van der Waals surface area contributed by atoms with Gasteiger partial charge in [-0.15, -0.1) is 0 Å². The third-order valence-corrected chi connectivity index (χ3v) is 25.2. The predicted molar refractivity (Wildman–Crippen MR) is 249 cm³/mol. The van der Waals surface area contributed by atoms with Gasteiger partial charge in [-0.05, 0) is 0 Å². The molecule has 6 aromatic rings. The van der Waals surface area contributed by atoms with Gasteiger partial charge in [0.25, 0.3) is 0 Å². The van der Waals surface area contributed by atoms with Crippen LogP contribution in [0.2, 0.25) is 0 Å². The third kappa shape index (κ3) is 7.43. The standard InChI is InChI=1S/3C16H21NOSi.Bi/c3*1-12(16(5,18-19)15(2,3)4)17-11-10-13-8-6-7-9-14(13)17;/h3*6,8-12H,1-5H3;. The summed E-state index contributed by atoms with van der Waals surface area (Å²) in [6, 6.07) is 28.5. The molecule has 58 heavy (non-hydrogen) atoms. The molecule has 0 N–H and O–H groups in total. The maximum absolute atomic E-state index is 6.16. The van der Waals surface area contributed by atoms with Crippen LogP contribution in [-0.2, 0) is 13.3 Å². The van der Waals surface area contributed by atoms with E-state index in [1.807, 2.05) is 0 Å². The minimum atomic E-state index is -3.08. The molecule has 305 valence electrons. The van der Waals surface area contributed by atoms with Crippen molar-refractivity contribution in [2.45, 2.75) is 139 Å². The summed E-state index contributed by atoms with van der Waals surface area (Å²) in [5.74, 6) is 0. The Hall–Kier alpha value is -2.31. The van der Waals surface area contributed by atoms with Crippen LogP contribution in [0.15, 0.2) is 91.4 Å². The van der Waals surface area contributed by atoms with Crippen molar-refractivity contribution in [1.29, 1.82) is 0 Å². The maximum atomic E-state index is 6.16. The number of nitrogens with zero attached hydrogens (tertiary/aromatic N) is 3. The second-order valence-electron chi connectivity index (χ2n) is 20.1. The van der Waals surface area contributed by atoms with Gasteiger partial charge in [-0.3, -0.25) is 0 Å². The number of rotatable bonds is 12. The molecule has 0 aliphatic carbocycles. The molecule has 0 aliphatic rings. The van der Waals surface area contributed by atoms with Crippen LogP contribution < -0.4 is 9.81 Å². The molecule has 6 unspecified atom stereocenters. The van der Waals surface area contributed by atoms with Crippen LogP contribution >= 0.6 is 0 Å². The van der Waals surface area contributed by atoms with E-state index in [9.17, 15) is 0 Å². The van der Waals surface area contributed by atoms with Crippen LogP contribution in [-0.4, -0.2) is 83.7 Å².